The van der Waals surface area contributed by atoms with E-state index in [-0.39, 0.29) is 23.7 Å². The van der Waals surface area contributed by atoms with Crippen LogP contribution in [0.3, 0.4) is 0 Å². The highest BCUT2D eigenvalue weighted by Gasteiger charge is 2.28. The van der Waals surface area contributed by atoms with Gasteiger partial charge in [-0.05, 0) is 36.4 Å². The van der Waals surface area contributed by atoms with Crippen LogP contribution in [0.1, 0.15) is 21.5 Å². The number of hydrogen-bond donors (Lipinski definition) is 1. The van der Waals surface area contributed by atoms with Gasteiger partial charge in [-0.2, -0.15) is 0 Å². The third-order valence-electron chi connectivity index (χ3n) is 4.80. The molecule has 0 fully saturated rings. The number of carbonyl (C=O) groups excluding carboxylic acids is 1. The summed E-state index contributed by atoms with van der Waals surface area (Å²) in [5.74, 6) is 2.21. The van der Waals surface area contributed by atoms with Crippen molar-refractivity contribution in [3.8, 4) is 28.7 Å². The molecule has 0 saturated heterocycles. The Morgan fingerprint density at radius 1 is 0.964 bits per heavy atom. The average molecular weight is 376 g/mol. The number of carbonyl (C=O) groups is 1. The van der Waals surface area contributed by atoms with Crippen LogP contribution >= 0.6 is 0 Å². The lowest BCUT2D eigenvalue weighted by Gasteiger charge is -2.24. The summed E-state index contributed by atoms with van der Waals surface area (Å²) in [7, 11) is 0. The Morgan fingerprint density at radius 3 is 2.57 bits per heavy atom. The monoisotopic (exact) mass is 376 g/mol. The molecular weight excluding hydrogens is 360 g/mol. The molecule has 0 saturated carbocycles. The molecule has 6 heteroatoms. The van der Waals surface area contributed by atoms with Crippen molar-refractivity contribution in [1.82, 2.24) is 0 Å². The highest BCUT2D eigenvalue weighted by Crippen LogP contribution is 2.43. The van der Waals surface area contributed by atoms with Crippen LogP contribution in [0.15, 0.2) is 48.8 Å². The Kier molecular flexibility index (Phi) is 3.65. The van der Waals surface area contributed by atoms with E-state index in [2.05, 4.69) is 6.58 Å². The van der Waals surface area contributed by atoms with Gasteiger partial charge in [0, 0.05) is 17.2 Å². The van der Waals surface area contributed by atoms with Crippen molar-refractivity contribution in [2.45, 2.75) is 0 Å². The normalized spacial score (nSPS) is 16.3. The Hall–Kier alpha value is -3.67. The number of phenolic OH excluding ortho intramolecular Hbond substituents is 1. The van der Waals surface area contributed by atoms with E-state index in [4.69, 9.17) is 18.9 Å². The Labute approximate surface area is 160 Å². The van der Waals surface area contributed by atoms with Crippen molar-refractivity contribution >= 4 is 17.4 Å². The molecule has 3 aliphatic rings. The van der Waals surface area contributed by atoms with E-state index in [1.807, 2.05) is 0 Å². The third-order valence-corrected chi connectivity index (χ3v) is 4.80. The van der Waals surface area contributed by atoms with Gasteiger partial charge in [0.05, 0.1) is 11.1 Å². The van der Waals surface area contributed by atoms with Crippen LogP contribution in [0.25, 0.3) is 11.6 Å². The first-order valence-corrected chi connectivity index (χ1v) is 8.84. The number of phenols is 1. The van der Waals surface area contributed by atoms with Gasteiger partial charge >= 0.3 is 0 Å². The van der Waals surface area contributed by atoms with Crippen LogP contribution in [-0.2, 0) is 0 Å². The second-order valence-corrected chi connectivity index (χ2v) is 6.53. The first-order chi connectivity index (χ1) is 13.6. The van der Waals surface area contributed by atoms with E-state index in [9.17, 15) is 9.90 Å². The van der Waals surface area contributed by atoms with Gasteiger partial charge in [-0.1, -0.05) is 6.58 Å². The standard InChI is InChI=1S/C22H16O6/c1-12-2-3-14-17(28-12)5-4-15(22(14)24)21(23)13-6-7-25-18-11-20-19(10-16(13)18)26-8-9-27-20/h2-6,10-11,24H,1,7-9H2. The summed E-state index contributed by atoms with van der Waals surface area (Å²) in [6, 6.07) is 6.69. The molecule has 0 atom stereocenters. The van der Waals surface area contributed by atoms with E-state index >= 15 is 0 Å². The maximum Gasteiger partial charge on any atom is 0.197 e. The Morgan fingerprint density at radius 2 is 1.75 bits per heavy atom. The lowest BCUT2D eigenvalue weighted by Crippen LogP contribution is -2.17. The van der Waals surface area contributed by atoms with Gasteiger partial charge in [-0.25, -0.2) is 0 Å². The minimum absolute atomic E-state index is 0.127. The van der Waals surface area contributed by atoms with Gasteiger partial charge in [0.2, 0.25) is 0 Å². The van der Waals surface area contributed by atoms with Crippen molar-refractivity contribution in [1.29, 1.82) is 0 Å². The average Bonchev–Trinajstić information content (AvgIpc) is 2.71. The summed E-state index contributed by atoms with van der Waals surface area (Å²) >= 11 is 0. The first kappa shape index (κ1) is 16.5. The van der Waals surface area contributed by atoms with E-state index < -0.39 is 0 Å². The van der Waals surface area contributed by atoms with Gasteiger partial charge < -0.3 is 24.1 Å². The zero-order valence-corrected chi connectivity index (χ0v) is 14.9. The second kappa shape index (κ2) is 6.20. The maximum atomic E-state index is 13.3. The molecule has 1 N–H and O–H groups in total. The number of hydrogen-bond acceptors (Lipinski definition) is 6. The maximum absolute atomic E-state index is 13.3. The molecule has 140 valence electrons. The van der Waals surface area contributed by atoms with Crippen LogP contribution in [0.4, 0.5) is 0 Å². The molecule has 0 spiro atoms. The summed E-state index contributed by atoms with van der Waals surface area (Å²) < 4.78 is 22.4. The smallest absolute Gasteiger partial charge is 0.197 e. The number of fused-ring (bicyclic) bond motifs is 3. The summed E-state index contributed by atoms with van der Waals surface area (Å²) in [6.07, 6.45) is 5.03. The van der Waals surface area contributed by atoms with E-state index in [1.165, 1.54) is 0 Å². The van der Waals surface area contributed by atoms with Crippen LogP contribution in [0, 0.1) is 0 Å². The molecule has 0 aromatic heterocycles. The SMILES string of the molecule is C=C1C=Cc2c(ccc(C(=O)C3=CCOc4cc5c(cc43)OCCO5)c2O)O1. The molecule has 28 heavy (non-hydrogen) atoms. The molecular formula is C22H16O6. The molecule has 5 rings (SSSR count). The lowest BCUT2D eigenvalue weighted by atomic mass is 9.92. The predicted molar refractivity (Wildman–Crippen MR) is 102 cm³/mol. The highest BCUT2D eigenvalue weighted by molar-refractivity contribution is 6.30. The van der Waals surface area contributed by atoms with Crippen molar-refractivity contribution in [3.63, 3.8) is 0 Å². The van der Waals surface area contributed by atoms with Crippen LogP contribution in [0.2, 0.25) is 0 Å². The van der Waals surface area contributed by atoms with Crippen LogP contribution in [0.5, 0.6) is 28.7 Å². The molecule has 0 radical (unpaired) electrons. The highest BCUT2D eigenvalue weighted by atomic mass is 16.6. The van der Waals surface area contributed by atoms with Crippen molar-refractivity contribution < 1.29 is 28.8 Å². The second-order valence-electron chi connectivity index (χ2n) is 6.53. The number of ketones is 1. The first-order valence-electron chi connectivity index (χ1n) is 8.84. The number of allylic oxidation sites excluding steroid dienone is 2. The minimum Gasteiger partial charge on any atom is -0.506 e. The molecule has 0 unspecified atom stereocenters. The van der Waals surface area contributed by atoms with Crippen molar-refractivity contribution in [2.24, 2.45) is 0 Å². The molecule has 2 aromatic carbocycles. The molecule has 3 heterocycles. The van der Waals surface area contributed by atoms with Gasteiger partial charge in [0.15, 0.2) is 17.3 Å². The lowest BCUT2D eigenvalue weighted by molar-refractivity contribution is 0.105. The molecule has 0 aliphatic carbocycles. The van der Waals surface area contributed by atoms with Gasteiger partial charge in [0.25, 0.3) is 0 Å². The molecule has 2 aromatic rings. The Bertz CT molecular complexity index is 1090. The van der Waals surface area contributed by atoms with E-state index in [0.717, 1.165) is 0 Å². The van der Waals surface area contributed by atoms with Crippen LogP contribution < -0.4 is 18.9 Å². The predicted octanol–water partition coefficient (Wildman–Crippen LogP) is 3.74. The fraction of sp³-hybridized carbons (Fsp3) is 0.136. The fourth-order valence-electron chi connectivity index (χ4n) is 3.46. The molecule has 0 bridgehead atoms. The summed E-state index contributed by atoms with van der Waals surface area (Å²) in [4.78, 5) is 13.3. The number of benzene rings is 2. The number of aromatic hydroxyl groups is 1. The Balaban J connectivity index is 1.57. The molecule has 3 aliphatic heterocycles. The largest absolute Gasteiger partial charge is 0.506 e. The van der Waals surface area contributed by atoms with Crippen molar-refractivity contribution in [3.05, 3.63) is 65.4 Å². The van der Waals surface area contributed by atoms with E-state index in [0.29, 0.717) is 58.7 Å². The number of rotatable bonds is 2. The fourth-order valence-corrected chi connectivity index (χ4v) is 3.46. The van der Waals surface area contributed by atoms with Gasteiger partial charge in [0.1, 0.15) is 42.8 Å². The van der Waals surface area contributed by atoms with Gasteiger partial charge in [-0.3, -0.25) is 4.79 Å². The van der Waals surface area contributed by atoms with Crippen molar-refractivity contribution in [2.75, 3.05) is 19.8 Å². The number of ether oxygens (including phenoxy) is 4. The summed E-state index contributed by atoms with van der Waals surface area (Å²) in [5.41, 5.74) is 1.69. The zero-order chi connectivity index (χ0) is 19.3. The van der Waals surface area contributed by atoms with E-state index in [1.54, 1.807) is 42.5 Å². The molecule has 6 nitrogen and oxygen atoms in total. The quantitative estimate of drug-likeness (QED) is 0.805. The van der Waals surface area contributed by atoms with Gasteiger partial charge in [-0.15, -0.1) is 0 Å². The summed E-state index contributed by atoms with van der Waals surface area (Å²) in [5, 5.41) is 10.7. The zero-order valence-electron chi connectivity index (χ0n) is 14.9. The third kappa shape index (κ3) is 2.53. The van der Waals surface area contributed by atoms with Crippen LogP contribution in [-0.4, -0.2) is 30.7 Å². The molecule has 0 amide bonds. The summed E-state index contributed by atoms with van der Waals surface area (Å²) in [6.45, 7) is 4.90. The number of Topliss-reactive ketones (excluding diaryl/α,β-unsaturated/α-hetero) is 1. The topological polar surface area (TPSA) is 74.2 Å². The minimum atomic E-state index is -0.306.